The Morgan fingerprint density at radius 2 is 0.823 bits per heavy atom. The summed E-state index contributed by atoms with van der Waals surface area (Å²) < 4.78 is 34.5. The highest BCUT2D eigenvalue weighted by Gasteiger charge is 2.27. The number of likely N-dealkylation sites (N-methyl/N-ethyl adjacent to an activating group) is 1. The number of rotatable bonds is 48. The highest BCUT2D eigenvalue weighted by Crippen LogP contribution is 2.43. The molecule has 10 heteroatoms. The molecule has 0 aliphatic carbocycles. The quantitative estimate of drug-likeness (QED) is 0.0211. The molecule has 0 bridgehead atoms. The second-order valence-corrected chi connectivity index (χ2v) is 20.4. The van der Waals surface area contributed by atoms with Gasteiger partial charge in [0.1, 0.15) is 19.8 Å². The zero-order valence-corrected chi connectivity index (χ0v) is 42.3. The van der Waals surface area contributed by atoms with Crippen molar-refractivity contribution in [2.45, 2.75) is 251 Å². The average molecular weight is 899 g/mol. The molecule has 0 amide bonds. The van der Waals surface area contributed by atoms with Crippen LogP contribution in [0.25, 0.3) is 0 Å². The van der Waals surface area contributed by atoms with Gasteiger partial charge in [-0.25, -0.2) is 4.57 Å². The summed E-state index contributed by atoms with van der Waals surface area (Å²) in [6, 6.07) is 0. The summed E-state index contributed by atoms with van der Waals surface area (Å²) in [5.41, 5.74) is 0. The third-order valence-corrected chi connectivity index (χ3v) is 12.4. The molecule has 0 fully saturated rings. The van der Waals surface area contributed by atoms with Crippen molar-refractivity contribution in [2.75, 3.05) is 47.5 Å². The number of unbranched alkanes of at least 4 members (excludes halogenated alkanes) is 30. The van der Waals surface area contributed by atoms with Crippen LogP contribution in [0.2, 0.25) is 0 Å². The number of esters is 2. The fraction of sp³-hybridized carbons (Fsp3) is 0.885. The van der Waals surface area contributed by atoms with Crippen molar-refractivity contribution in [3.05, 3.63) is 24.3 Å². The molecule has 0 saturated carbocycles. The number of carbonyl (C=O) groups excluding carboxylic acids is 2. The molecule has 0 spiro atoms. The summed E-state index contributed by atoms with van der Waals surface area (Å²) in [5, 5.41) is 0. The zero-order valence-electron chi connectivity index (χ0n) is 41.4. The van der Waals surface area contributed by atoms with Crippen molar-refractivity contribution >= 4 is 19.8 Å². The number of carbonyl (C=O) groups is 2. The summed E-state index contributed by atoms with van der Waals surface area (Å²) in [6.07, 6.45) is 50.9. The monoisotopic (exact) mass is 899 g/mol. The van der Waals surface area contributed by atoms with Gasteiger partial charge in [-0.05, 0) is 64.2 Å². The molecule has 2 unspecified atom stereocenters. The van der Waals surface area contributed by atoms with E-state index in [2.05, 4.69) is 38.2 Å². The van der Waals surface area contributed by atoms with E-state index in [1.165, 1.54) is 141 Å². The number of hydrogen-bond donors (Lipinski definition) is 1. The lowest BCUT2D eigenvalue weighted by molar-refractivity contribution is -0.870. The third-order valence-electron chi connectivity index (χ3n) is 11.5. The predicted molar refractivity (Wildman–Crippen MR) is 261 cm³/mol. The number of nitrogens with zero attached hydrogens (tertiary/aromatic N) is 1. The summed E-state index contributed by atoms with van der Waals surface area (Å²) in [7, 11) is 1.48. The fourth-order valence-electron chi connectivity index (χ4n) is 7.36. The Morgan fingerprint density at radius 1 is 0.484 bits per heavy atom. The van der Waals surface area contributed by atoms with Crippen LogP contribution < -0.4 is 0 Å². The molecule has 62 heavy (non-hydrogen) atoms. The van der Waals surface area contributed by atoms with Crippen LogP contribution in [0.5, 0.6) is 0 Å². The van der Waals surface area contributed by atoms with Gasteiger partial charge in [-0.1, -0.05) is 192 Å². The molecule has 1 N–H and O–H groups in total. The maximum absolute atomic E-state index is 12.8. The first-order chi connectivity index (χ1) is 30.0. The maximum atomic E-state index is 12.8. The van der Waals surface area contributed by atoms with E-state index in [1.54, 1.807) is 0 Å². The first kappa shape index (κ1) is 60.5. The van der Waals surface area contributed by atoms with Crippen LogP contribution in [0.15, 0.2) is 24.3 Å². The molecule has 0 heterocycles. The van der Waals surface area contributed by atoms with E-state index in [-0.39, 0.29) is 32.0 Å². The van der Waals surface area contributed by atoms with Crippen LogP contribution >= 0.6 is 7.82 Å². The van der Waals surface area contributed by atoms with Crippen molar-refractivity contribution in [1.29, 1.82) is 0 Å². The largest absolute Gasteiger partial charge is 0.472 e. The van der Waals surface area contributed by atoms with Crippen molar-refractivity contribution in [3.8, 4) is 0 Å². The van der Waals surface area contributed by atoms with Crippen LogP contribution in [0.4, 0.5) is 0 Å². The van der Waals surface area contributed by atoms with E-state index in [0.29, 0.717) is 17.4 Å². The number of hydrogen-bond acceptors (Lipinski definition) is 7. The molecule has 0 aliphatic heterocycles. The first-order valence-electron chi connectivity index (χ1n) is 26.1. The molecule has 0 saturated heterocycles. The summed E-state index contributed by atoms with van der Waals surface area (Å²) in [4.78, 5) is 35.5. The number of quaternary nitrogens is 1. The van der Waals surface area contributed by atoms with Gasteiger partial charge in [-0.15, -0.1) is 0 Å². The van der Waals surface area contributed by atoms with Crippen molar-refractivity contribution in [2.24, 2.45) is 0 Å². The number of phosphoric ester groups is 1. The average Bonchev–Trinajstić information content (AvgIpc) is 3.23. The summed E-state index contributed by atoms with van der Waals surface area (Å²) in [6.45, 7) is 4.44. The molecule has 0 aliphatic rings. The predicted octanol–water partition coefficient (Wildman–Crippen LogP) is 15.5. The van der Waals surface area contributed by atoms with Gasteiger partial charge in [-0.2, -0.15) is 0 Å². The molecule has 0 aromatic rings. The van der Waals surface area contributed by atoms with E-state index >= 15 is 0 Å². The Labute approximate surface area is 383 Å². The van der Waals surface area contributed by atoms with Gasteiger partial charge in [0.15, 0.2) is 6.10 Å². The molecule has 0 rings (SSSR count). The van der Waals surface area contributed by atoms with Crippen LogP contribution in [0.1, 0.15) is 245 Å². The molecule has 0 radical (unpaired) electrons. The minimum atomic E-state index is -4.38. The van der Waals surface area contributed by atoms with Crippen molar-refractivity contribution < 1.29 is 42.1 Å². The Bertz CT molecular complexity index is 1110. The first-order valence-corrected chi connectivity index (χ1v) is 27.6. The lowest BCUT2D eigenvalue weighted by atomic mass is 10.1. The van der Waals surface area contributed by atoms with Crippen LogP contribution in [-0.2, 0) is 32.7 Å². The lowest BCUT2D eigenvalue weighted by Gasteiger charge is -2.24. The van der Waals surface area contributed by atoms with Crippen LogP contribution in [-0.4, -0.2) is 74.9 Å². The van der Waals surface area contributed by atoms with Crippen molar-refractivity contribution in [1.82, 2.24) is 0 Å². The minimum absolute atomic E-state index is 0.0303. The Kier molecular flexibility index (Phi) is 43.6. The van der Waals surface area contributed by atoms with Gasteiger partial charge in [0.25, 0.3) is 0 Å². The normalized spacial score (nSPS) is 13.6. The van der Waals surface area contributed by atoms with Crippen LogP contribution in [0.3, 0.4) is 0 Å². The van der Waals surface area contributed by atoms with Gasteiger partial charge in [0.05, 0.1) is 27.7 Å². The van der Waals surface area contributed by atoms with E-state index < -0.39 is 26.5 Å². The highest BCUT2D eigenvalue weighted by molar-refractivity contribution is 7.47. The number of ether oxygens (including phenoxy) is 2. The highest BCUT2D eigenvalue weighted by atomic mass is 31.2. The topological polar surface area (TPSA) is 108 Å². The molecule has 9 nitrogen and oxygen atoms in total. The molecule has 2 atom stereocenters. The number of phosphoric acid groups is 1. The third kappa shape index (κ3) is 48.0. The molecular weight excluding hydrogens is 798 g/mol. The van der Waals surface area contributed by atoms with E-state index in [4.69, 9.17) is 18.5 Å². The van der Waals surface area contributed by atoms with E-state index in [9.17, 15) is 19.0 Å². The molecule has 0 aromatic carbocycles. The Morgan fingerprint density at radius 3 is 1.19 bits per heavy atom. The zero-order chi connectivity index (χ0) is 45.7. The second kappa shape index (κ2) is 44.7. The standard InChI is InChI=1S/C52H100NO8P/c1-6-8-10-12-14-16-18-20-22-24-26-28-30-32-34-36-38-40-42-44-51(54)58-48-50(49-60-62(56,57)59-47-46-53(3,4)5)61-52(55)45-43-41-39-37-35-33-31-29-27-25-23-21-19-17-15-13-11-9-7-2/h28-31,50H,6-27,32-49H2,1-5H3/p+1/b30-28-,31-29-. The SMILES string of the molecule is CCCCCCCCCCCC/C=C\CCCCCCCC(=O)OCC(COP(=O)(O)OCC[N+](C)(C)C)OC(=O)CCCCCCC/C=C\CCCCCCCCCCCC. The maximum Gasteiger partial charge on any atom is 0.472 e. The fourth-order valence-corrected chi connectivity index (χ4v) is 8.10. The minimum Gasteiger partial charge on any atom is -0.462 e. The van der Waals surface area contributed by atoms with Crippen molar-refractivity contribution in [3.63, 3.8) is 0 Å². The number of allylic oxidation sites excluding steroid dienone is 4. The van der Waals surface area contributed by atoms with Gasteiger partial charge in [-0.3, -0.25) is 18.6 Å². The second-order valence-electron chi connectivity index (χ2n) is 18.9. The van der Waals surface area contributed by atoms with Gasteiger partial charge < -0.3 is 18.9 Å². The Hall–Kier alpha value is -1.51. The molecular formula is C52H101NO8P+. The lowest BCUT2D eigenvalue weighted by Crippen LogP contribution is -2.37. The van der Waals surface area contributed by atoms with Gasteiger partial charge >= 0.3 is 19.8 Å². The molecule has 0 aromatic heterocycles. The van der Waals surface area contributed by atoms with E-state index in [0.717, 1.165) is 70.6 Å². The van der Waals surface area contributed by atoms with Gasteiger partial charge in [0.2, 0.25) is 0 Å². The summed E-state index contributed by atoms with van der Waals surface area (Å²) in [5.74, 6) is -0.807. The summed E-state index contributed by atoms with van der Waals surface area (Å²) >= 11 is 0. The van der Waals surface area contributed by atoms with E-state index in [1.807, 2.05) is 21.1 Å². The Balaban J connectivity index is 4.26. The molecule has 366 valence electrons. The van der Waals surface area contributed by atoms with Gasteiger partial charge in [0, 0.05) is 12.8 Å². The van der Waals surface area contributed by atoms with Crippen LogP contribution in [0, 0.1) is 0 Å². The smallest absolute Gasteiger partial charge is 0.462 e.